The van der Waals surface area contributed by atoms with Crippen molar-refractivity contribution < 1.29 is 9.53 Å². The Morgan fingerprint density at radius 2 is 2.36 bits per heavy atom. The maximum Gasteiger partial charge on any atom is 0.264 e. The first-order valence-electron chi connectivity index (χ1n) is 7.58. The molecule has 4 nitrogen and oxygen atoms in total. The smallest absolute Gasteiger partial charge is 0.264 e. The fourth-order valence-electron chi connectivity index (χ4n) is 2.60. The number of rotatable bonds is 4. The molecule has 1 amide bonds. The van der Waals surface area contributed by atoms with Crippen LogP contribution in [0.4, 0.5) is 5.13 Å². The van der Waals surface area contributed by atoms with Crippen LogP contribution in [0.3, 0.4) is 0 Å². The van der Waals surface area contributed by atoms with E-state index in [0.717, 1.165) is 24.1 Å². The average molecular weight is 316 g/mol. The van der Waals surface area contributed by atoms with Crippen LogP contribution in [0.1, 0.15) is 29.5 Å². The van der Waals surface area contributed by atoms with Gasteiger partial charge in [-0.05, 0) is 49.8 Å². The summed E-state index contributed by atoms with van der Waals surface area (Å²) < 4.78 is 5.50. The van der Waals surface area contributed by atoms with Crippen LogP contribution < -0.4 is 10.1 Å². The molecule has 1 aromatic carbocycles. The van der Waals surface area contributed by atoms with Crippen molar-refractivity contribution >= 4 is 22.4 Å². The van der Waals surface area contributed by atoms with Crippen molar-refractivity contribution in [3.63, 3.8) is 0 Å². The molecule has 0 saturated carbocycles. The largest absolute Gasteiger partial charge is 0.484 e. The number of thiazole rings is 1. The van der Waals surface area contributed by atoms with Gasteiger partial charge in [-0.15, -0.1) is 11.3 Å². The summed E-state index contributed by atoms with van der Waals surface area (Å²) >= 11 is 1.59. The van der Waals surface area contributed by atoms with Gasteiger partial charge in [0, 0.05) is 4.88 Å². The molecule has 0 fully saturated rings. The summed E-state index contributed by atoms with van der Waals surface area (Å²) in [5.74, 6) is 1.25. The molecule has 116 valence electrons. The predicted octanol–water partition coefficient (Wildman–Crippen LogP) is 3.59. The number of fused-ring (bicyclic) bond motifs is 1. The van der Waals surface area contributed by atoms with Crippen molar-refractivity contribution in [1.82, 2.24) is 4.98 Å². The third kappa shape index (κ3) is 3.65. The minimum absolute atomic E-state index is 0.00407. The van der Waals surface area contributed by atoms with E-state index in [1.165, 1.54) is 11.3 Å². The van der Waals surface area contributed by atoms with Gasteiger partial charge in [0.1, 0.15) is 5.75 Å². The molecule has 2 aromatic rings. The molecule has 0 aliphatic heterocycles. The maximum absolute atomic E-state index is 12.0. The van der Waals surface area contributed by atoms with Crippen LogP contribution in [-0.2, 0) is 17.6 Å². The molecule has 0 spiro atoms. The van der Waals surface area contributed by atoms with Crippen LogP contribution in [0.25, 0.3) is 0 Å². The number of aromatic nitrogens is 1. The first-order valence-corrected chi connectivity index (χ1v) is 8.39. The van der Waals surface area contributed by atoms with E-state index >= 15 is 0 Å². The maximum atomic E-state index is 12.0. The molecule has 1 aromatic heterocycles. The van der Waals surface area contributed by atoms with Crippen molar-refractivity contribution in [1.29, 1.82) is 0 Å². The van der Waals surface area contributed by atoms with Crippen molar-refractivity contribution in [3.8, 4) is 5.75 Å². The van der Waals surface area contributed by atoms with Crippen molar-refractivity contribution in [2.24, 2.45) is 5.92 Å². The van der Waals surface area contributed by atoms with E-state index in [9.17, 15) is 4.79 Å². The molecule has 1 heterocycles. The Bertz CT molecular complexity index is 681. The van der Waals surface area contributed by atoms with Gasteiger partial charge in [0.15, 0.2) is 11.7 Å². The normalized spacial score (nSPS) is 16.9. The first-order chi connectivity index (χ1) is 10.6. The quantitative estimate of drug-likeness (QED) is 0.938. The lowest BCUT2D eigenvalue weighted by Crippen LogP contribution is -2.20. The van der Waals surface area contributed by atoms with Crippen LogP contribution in [0.5, 0.6) is 5.75 Å². The summed E-state index contributed by atoms with van der Waals surface area (Å²) in [4.78, 5) is 17.8. The number of benzene rings is 1. The predicted molar refractivity (Wildman–Crippen MR) is 88.6 cm³/mol. The number of hydrogen-bond donors (Lipinski definition) is 1. The van der Waals surface area contributed by atoms with E-state index in [-0.39, 0.29) is 12.5 Å². The fourth-order valence-corrected chi connectivity index (χ4v) is 3.79. The summed E-state index contributed by atoms with van der Waals surface area (Å²) in [5.41, 5.74) is 2.26. The Hall–Kier alpha value is -1.88. The topological polar surface area (TPSA) is 51.2 Å². The Balaban J connectivity index is 1.56. The summed E-state index contributed by atoms with van der Waals surface area (Å²) in [6.45, 7) is 4.26. The average Bonchev–Trinajstić information content (AvgIpc) is 2.86. The molecular weight excluding hydrogens is 296 g/mol. The van der Waals surface area contributed by atoms with Gasteiger partial charge in [0.2, 0.25) is 0 Å². The van der Waals surface area contributed by atoms with Gasteiger partial charge in [-0.3, -0.25) is 10.1 Å². The van der Waals surface area contributed by atoms with Crippen LogP contribution in [-0.4, -0.2) is 17.5 Å². The minimum Gasteiger partial charge on any atom is -0.484 e. The van der Waals surface area contributed by atoms with Crippen LogP contribution in [0.2, 0.25) is 0 Å². The number of aryl methyl sites for hydroxylation is 2. The number of carbonyl (C=O) groups is 1. The number of nitrogens with zero attached hydrogens (tertiary/aromatic N) is 1. The van der Waals surface area contributed by atoms with Gasteiger partial charge in [-0.1, -0.05) is 19.1 Å². The highest BCUT2D eigenvalue weighted by molar-refractivity contribution is 7.15. The number of amides is 1. The molecule has 5 heteroatoms. The van der Waals surface area contributed by atoms with Crippen molar-refractivity contribution in [2.75, 3.05) is 11.9 Å². The lowest BCUT2D eigenvalue weighted by molar-refractivity contribution is -0.118. The molecular formula is C17H20N2O2S. The number of anilines is 1. The Labute approximate surface area is 134 Å². The molecule has 0 radical (unpaired) electrons. The second kappa shape index (κ2) is 6.48. The number of ether oxygens (including phenoxy) is 1. The van der Waals surface area contributed by atoms with E-state index in [4.69, 9.17) is 4.74 Å². The molecule has 0 unspecified atom stereocenters. The highest BCUT2D eigenvalue weighted by Gasteiger charge is 2.20. The van der Waals surface area contributed by atoms with Crippen LogP contribution in [0, 0.1) is 12.8 Å². The van der Waals surface area contributed by atoms with E-state index in [1.54, 1.807) is 11.3 Å². The lowest BCUT2D eigenvalue weighted by Gasteiger charge is -2.15. The molecule has 1 atom stereocenters. The van der Waals surface area contributed by atoms with Gasteiger partial charge in [-0.25, -0.2) is 4.98 Å². The Morgan fingerprint density at radius 3 is 3.18 bits per heavy atom. The zero-order valence-corrected chi connectivity index (χ0v) is 13.7. The van der Waals surface area contributed by atoms with E-state index in [0.29, 0.717) is 16.8 Å². The summed E-state index contributed by atoms with van der Waals surface area (Å²) in [6, 6.07) is 7.67. The molecule has 22 heavy (non-hydrogen) atoms. The summed E-state index contributed by atoms with van der Waals surface area (Å²) in [6.07, 6.45) is 3.27. The van der Waals surface area contributed by atoms with Gasteiger partial charge < -0.3 is 4.74 Å². The van der Waals surface area contributed by atoms with E-state index in [1.807, 2.05) is 31.2 Å². The molecule has 0 bridgehead atoms. The zero-order chi connectivity index (χ0) is 15.5. The highest BCUT2D eigenvalue weighted by Crippen LogP contribution is 2.32. The van der Waals surface area contributed by atoms with Crippen molar-refractivity contribution in [2.45, 2.75) is 33.1 Å². The highest BCUT2D eigenvalue weighted by atomic mass is 32.1. The Morgan fingerprint density at radius 1 is 1.50 bits per heavy atom. The fraction of sp³-hybridized carbons (Fsp3) is 0.412. The van der Waals surface area contributed by atoms with Gasteiger partial charge >= 0.3 is 0 Å². The molecule has 0 saturated heterocycles. The van der Waals surface area contributed by atoms with Gasteiger partial charge in [0.25, 0.3) is 5.91 Å². The second-order valence-electron chi connectivity index (χ2n) is 5.89. The summed E-state index contributed by atoms with van der Waals surface area (Å²) in [7, 11) is 0. The molecule has 1 aliphatic carbocycles. The van der Waals surface area contributed by atoms with Crippen molar-refractivity contribution in [3.05, 3.63) is 40.4 Å². The SMILES string of the molecule is Cc1cccc(OCC(=O)Nc2nc3c(s2)C[C@H](C)CC3)c1. The molecule has 1 aliphatic rings. The number of nitrogens with one attached hydrogen (secondary N) is 1. The standard InChI is InChI=1S/C17H20N2O2S/c1-11-4-3-5-13(8-11)21-10-16(20)19-17-18-14-7-6-12(2)9-15(14)22-17/h3-5,8,12H,6-7,9-10H2,1-2H3,(H,18,19,20)/t12-/m1/s1. The molecule has 3 rings (SSSR count). The number of hydrogen-bond acceptors (Lipinski definition) is 4. The first kappa shape index (κ1) is 15.0. The number of carbonyl (C=O) groups excluding carboxylic acids is 1. The Kier molecular flexibility index (Phi) is 4.43. The molecule has 1 N–H and O–H groups in total. The van der Waals surface area contributed by atoms with Gasteiger partial charge in [0.05, 0.1) is 5.69 Å². The minimum atomic E-state index is -0.166. The van der Waals surface area contributed by atoms with Gasteiger partial charge in [-0.2, -0.15) is 0 Å². The van der Waals surface area contributed by atoms with Crippen LogP contribution in [0.15, 0.2) is 24.3 Å². The van der Waals surface area contributed by atoms with Crippen LogP contribution >= 0.6 is 11.3 Å². The zero-order valence-electron chi connectivity index (χ0n) is 12.9. The summed E-state index contributed by atoms with van der Waals surface area (Å²) in [5, 5.41) is 3.53. The lowest BCUT2D eigenvalue weighted by atomic mass is 9.93. The monoisotopic (exact) mass is 316 g/mol. The van der Waals surface area contributed by atoms with E-state index < -0.39 is 0 Å². The van der Waals surface area contributed by atoms with E-state index in [2.05, 4.69) is 17.2 Å². The third-order valence-corrected chi connectivity index (χ3v) is 4.83. The second-order valence-corrected chi connectivity index (χ2v) is 6.97. The third-order valence-electron chi connectivity index (χ3n) is 3.79.